The topological polar surface area (TPSA) is 96.0 Å². The molecule has 0 aliphatic rings. The normalized spacial score (nSPS) is 11.8. The molecule has 0 saturated carbocycles. The van der Waals surface area contributed by atoms with Gasteiger partial charge in [-0.3, -0.25) is 13.9 Å². The number of nitrogens with one attached hydrogen (secondary N) is 1. The Bertz CT molecular complexity index is 1700. The van der Waals surface area contributed by atoms with Gasteiger partial charge in [0, 0.05) is 24.5 Å². The molecular formula is C36H40ClN3O5S. The van der Waals surface area contributed by atoms with E-state index in [4.69, 9.17) is 16.3 Å². The van der Waals surface area contributed by atoms with Crippen LogP contribution in [0.15, 0.2) is 108 Å². The first-order valence-corrected chi connectivity index (χ1v) is 17.1. The molecule has 4 rings (SSSR count). The van der Waals surface area contributed by atoms with Crippen LogP contribution in [0.4, 0.5) is 5.69 Å². The van der Waals surface area contributed by atoms with Crippen molar-refractivity contribution in [2.75, 3.05) is 24.0 Å². The molecule has 0 radical (unpaired) electrons. The van der Waals surface area contributed by atoms with Crippen molar-refractivity contribution in [2.24, 2.45) is 0 Å². The van der Waals surface area contributed by atoms with Crippen LogP contribution in [-0.2, 0) is 32.6 Å². The Morgan fingerprint density at radius 1 is 0.870 bits per heavy atom. The Morgan fingerprint density at radius 3 is 2.15 bits per heavy atom. The highest BCUT2D eigenvalue weighted by atomic mass is 35.5. The van der Waals surface area contributed by atoms with Crippen LogP contribution in [0.2, 0.25) is 5.02 Å². The molecule has 242 valence electrons. The van der Waals surface area contributed by atoms with E-state index in [0.717, 1.165) is 15.4 Å². The lowest BCUT2D eigenvalue weighted by molar-refractivity contribution is -0.140. The lowest BCUT2D eigenvalue weighted by Crippen LogP contribution is -2.53. The minimum atomic E-state index is -4.22. The lowest BCUT2D eigenvalue weighted by atomic mass is 10.0. The quantitative estimate of drug-likeness (QED) is 0.159. The molecule has 8 nitrogen and oxygen atoms in total. The molecule has 1 N–H and O–H groups in total. The summed E-state index contributed by atoms with van der Waals surface area (Å²) in [6.45, 7) is 6.01. The minimum absolute atomic E-state index is 0.000388. The molecule has 0 aromatic heterocycles. The van der Waals surface area contributed by atoms with E-state index in [1.54, 1.807) is 54.6 Å². The highest BCUT2D eigenvalue weighted by Crippen LogP contribution is 2.27. The second kappa shape index (κ2) is 16.3. The van der Waals surface area contributed by atoms with Crippen molar-refractivity contribution in [3.63, 3.8) is 0 Å². The van der Waals surface area contributed by atoms with Crippen molar-refractivity contribution in [1.82, 2.24) is 10.2 Å². The molecule has 0 spiro atoms. The Balaban J connectivity index is 1.79. The van der Waals surface area contributed by atoms with Gasteiger partial charge in [0.05, 0.1) is 17.2 Å². The number of carbonyl (C=O) groups is 2. The van der Waals surface area contributed by atoms with Crippen LogP contribution < -0.4 is 14.4 Å². The summed E-state index contributed by atoms with van der Waals surface area (Å²) in [4.78, 5) is 29.7. The fourth-order valence-corrected chi connectivity index (χ4v) is 6.58. The Hall–Kier alpha value is -4.34. The molecule has 1 atom stereocenters. The number of anilines is 1. The summed E-state index contributed by atoms with van der Waals surface area (Å²) in [5, 5.41) is 3.38. The summed E-state index contributed by atoms with van der Waals surface area (Å²) < 4.78 is 35.0. The predicted octanol–water partition coefficient (Wildman–Crippen LogP) is 6.41. The van der Waals surface area contributed by atoms with E-state index in [0.29, 0.717) is 41.6 Å². The predicted molar refractivity (Wildman–Crippen MR) is 183 cm³/mol. The third-order valence-electron chi connectivity index (χ3n) is 7.44. The van der Waals surface area contributed by atoms with Crippen molar-refractivity contribution >= 4 is 39.1 Å². The highest BCUT2D eigenvalue weighted by Gasteiger charge is 2.34. The van der Waals surface area contributed by atoms with Gasteiger partial charge in [0.25, 0.3) is 10.0 Å². The van der Waals surface area contributed by atoms with Crippen molar-refractivity contribution in [3.8, 4) is 5.75 Å². The van der Waals surface area contributed by atoms with Gasteiger partial charge in [-0.15, -0.1) is 0 Å². The number of aryl methyl sites for hydroxylation is 1. The minimum Gasteiger partial charge on any atom is -0.494 e. The lowest BCUT2D eigenvalue weighted by Gasteiger charge is -2.34. The van der Waals surface area contributed by atoms with Crippen LogP contribution in [0.5, 0.6) is 5.75 Å². The largest absolute Gasteiger partial charge is 0.494 e. The first-order valence-electron chi connectivity index (χ1n) is 15.3. The van der Waals surface area contributed by atoms with Gasteiger partial charge in [-0.1, -0.05) is 84.8 Å². The molecule has 10 heteroatoms. The zero-order valence-electron chi connectivity index (χ0n) is 26.4. The maximum atomic E-state index is 14.5. The Labute approximate surface area is 277 Å². The van der Waals surface area contributed by atoms with E-state index in [2.05, 4.69) is 5.32 Å². The Morgan fingerprint density at radius 2 is 1.52 bits per heavy atom. The van der Waals surface area contributed by atoms with E-state index in [-0.39, 0.29) is 23.8 Å². The van der Waals surface area contributed by atoms with Crippen LogP contribution in [0, 0.1) is 6.92 Å². The van der Waals surface area contributed by atoms with Crippen LogP contribution >= 0.6 is 11.6 Å². The van der Waals surface area contributed by atoms with Gasteiger partial charge in [-0.2, -0.15) is 0 Å². The number of amides is 2. The number of nitrogens with zero attached hydrogens (tertiary/aromatic N) is 2. The summed E-state index contributed by atoms with van der Waals surface area (Å²) in [6.07, 6.45) is 0.937. The first-order chi connectivity index (χ1) is 22.1. The fraction of sp³-hybridized carbons (Fsp3) is 0.278. The zero-order valence-corrected chi connectivity index (χ0v) is 27.9. The van der Waals surface area contributed by atoms with E-state index in [1.165, 1.54) is 17.0 Å². The molecule has 0 unspecified atom stereocenters. The van der Waals surface area contributed by atoms with Crippen LogP contribution in [0.1, 0.15) is 37.0 Å². The SMILES string of the molecule is CCCNC(=O)[C@H](Cc1ccccc1)N(Cc1ccccc1Cl)C(=O)CN(c1ccc(C)cc1)S(=O)(=O)c1ccc(OCC)cc1. The molecule has 0 aliphatic heterocycles. The number of benzene rings is 4. The van der Waals surface area contributed by atoms with Gasteiger partial charge >= 0.3 is 0 Å². The molecule has 46 heavy (non-hydrogen) atoms. The van der Waals surface area contributed by atoms with Gasteiger partial charge in [0.1, 0.15) is 18.3 Å². The summed E-state index contributed by atoms with van der Waals surface area (Å²) in [6, 6.07) is 28.6. The standard InChI is InChI=1S/C36H40ClN3O5S/c1-4-23-38-36(42)34(24-28-11-7-6-8-12-28)39(25-29-13-9-10-14-33(29)37)35(41)26-40(30-17-15-27(3)16-18-30)46(43,44)32-21-19-31(20-22-32)45-5-2/h6-22,34H,4-5,23-26H2,1-3H3,(H,38,42)/t34-/m0/s1. The number of hydrogen-bond donors (Lipinski definition) is 1. The van der Waals surface area contributed by atoms with Gasteiger partial charge in [0.2, 0.25) is 11.8 Å². The van der Waals surface area contributed by atoms with Crippen LogP contribution in [0.3, 0.4) is 0 Å². The maximum Gasteiger partial charge on any atom is 0.264 e. The third-order valence-corrected chi connectivity index (χ3v) is 9.60. The maximum absolute atomic E-state index is 14.5. The summed E-state index contributed by atoms with van der Waals surface area (Å²) >= 11 is 6.55. The Kier molecular flexibility index (Phi) is 12.2. The van der Waals surface area contributed by atoms with Gasteiger partial charge in [-0.25, -0.2) is 8.42 Å². The zero-order chi connectivity index (χ0) is 33.1. The average Bonchev–Trinajstić information content (AvgIpc) is 3.06. The number of rotatable bonds is 15. The van der Waals surface area contributed by atoms with E-state index in [9.17, 15) is 18.0 Å². The van der Waals surface area contributed by atoms with Crippen LogP contribution in [-0.4, -0.2) is 50.9 Å². The molecule has 0 aliphatic carbocycles. The summed E-state index contributed by atoms with van der Waals surface area (Å²) in [7, 11) is -4.22. The van der Waals surface area contributed by atoms with Gasteiger partial charge in [-0.05, 0) is 73.9 Å². The second-order valence-electron chi connectivity index (χ2n) is 10.9. The molecule has 0 saturated heterocycles. The number of halogens is 1. The number of carbonyl (C=O) groups excluding carboxylic acids is 2. The molecule has 2 amide bonds. The summed E-state index contributed by atoms with van der Waals surface area (Å²) in [5.41, 5.74) is 2.74. The van der Waals surface area contributed by atoms with Crippen LogP contribution in [0.25, 0.3) is 0 Å². The van der Waals surface area contributed by atoms with E-state index >= 15 is 0 Å². The summed E-state index contributed by atoms with van der Waals surface area (Å²) in [5.74, 6) is -0.350. The molecule has 0 fully saturated rings. The van der Waals surface area contributed by atoms with Crippen molar-refractivity contribution in [3.05, 3.63) is 125 Å². The molecule has 0 bridgehead atoms. The molecule has 4 aromatic rings. The van der Waals surface area contributed by atoms with Gasteiger partial charge in [0.15, 0.2) is 0 Å². The van der Waals surface area contributed by atoms with Gasteiger partial charge < -0.3 is 15.0 Å². The average molecular weight is 662 g/mol. The van der Waals surface area contributed by atoms with Crippen molar-refractivity contribution in [2.45, 2.75) is 51.1 Å². The smallest absolute Gasteiger partial charge is 0.264 e. The highest BCUT2D eigenvalue weighted by molar-refractivity contribution is 7.92. The van der Waals surface area contributed by atoms with E-state index in [1.807, 2.05) is 57.2 Å². The number of ether oxygens (including phenoxy) is 1. The first kappa shape index (κ1) is 34.5. The fourth-order valence-electron chi connectivity index (χ4n) is 4.97. The number of sulfonamides is 1. The van der Waals surface area contributed by atoms with Crippen molar-refractivity contribution in [1.29, 1.82) is 0 Å². The molecule has 4 aromatic carbocycles. The second-order valence-corrected chi connectivity index (χ2v) is 13.1. The van der Waals surface area contributed by atoms with E-state index < -0.39 is 28.5 Å². The third kappa shape index (κ3) is 8.89. The van der Waals surface area contributed by atoms with Crippen molar-refractivity contribution < 1.29 is 22.7 Å². The number of hydrogen-bond acceptors (Lipinski definition) is 5. The molecular weight excluding hydrogens is 622 g/mol. The molecule has 0 heterocycles. The monoisotopic (exact) mass is 661 g/mol.